The van der Waals surface area contributed by atoms with Crippen molar-refractivity contribution in [3.05, 3.63) is 47.4 Å². The van der Waals surface area contributed by atoms with Crippen LogP contribution in [0.15, 0.2) is 30.7 Å². The molecule has 0 atom stereocenters. The van der Waals surface area contributed by atoms with Gasteiger partial charge >= 0.3 is 0 Å². The van der Waals surface area contributed by atoms with Gasteiger partial charge in [0.25, 0.3) is 0 Å². The molecule has 0 amide bonds. The van der Waals surface area contributed by atoms with Crippen molar-refractivity contribution < 1.29 is 4.74 Å². The van der Waals surface area contributed by atoms with E-state index in [-0.39, 0.29) is 0 Å². The summed E-state index contributed by atoms with van der Waals surface area (Å²) in [7, 11) is 1.63. The fourth-order valence-electron chi connectivity index (χ4n) is 3.40. The molecule has 0 bridgehead atoms. The summed E-state index contributed by atoms with van der Waals surface area (Å²) in [5.74, 6) is 1.14. The lowest BCUT2D eigenvalue weighted by Gasteiger charge is -2.17. The van der Waals surface area contributed by atoms with Gasteiger partial charge in [0, 0.05) is 17.1 Å². The molecule has 0 saturated carbocycles. The summed E-state index contributed by atoms with van der Waals surface area (Å²) in [4.78, 5) is 4.36. The highest BCUT2D eigenvalue weighted by Crippen LogP contribution is 2.37. The van der Waals surface area contributed by atoms with Crippen molar-refractivity contribution in [3.8, 4) is 17.5 Å². The summed E-state index contributed by atoms with van der Waals surface area (Å²) in [5.41, 5.74) is 11.1. The number of methoxy groups -OCH3 is 1. The molecule has 0 aliphatic heterocycles. The van der Waals surface area contributed by atoms with Crippen LogP contribution < -0.4 is 10.5 Å². The smallest absolute Gasteiger partial charge is 0.180 e. The Bertz CT molecular complexity index is 1180. The molecule has 1 aromatic carbocycles. The summed E-state index contributed by atoms with van der Waals surface area (Å²) < 4.78 is 9.02. The van der Waals surface area contributed by atoms with Gasteiger partial charge in [0.2, 0.25) is 0 Å². The van der Waals surface area contributed by atoms with Crippen LogP contribution in [0.5, 0.6) is 5.75 Å². The van der Waals surface area contributed by atoms with Crippen LogP contribution in [-0.2, 0) is 0 Å². The molecule has 3 aromatic heterocycles. The van der Waals surface area contributed by atoms with Crippen LogP contribution >= 0.6 is 0 Å². The molecule has 0 unspecified atom stereocenters. The maximum Gasteiger partial charge on any atom is 0.180 e. The molecule has 0 radical (unpaired) electrons. The number of benzene rings is 1. The van der Waals surface area contributed by atoms with Crippen molar-refractivity contribution >= 4 is 22.4 Å². The number of rotatable bonds is 2. The number of aromatic nitrogens is 4. The zero-order valence-corrected chi connectivity index (χ0v) is 14.1. The molecule has 0 saturated heterocycles. The highest BCUT2D eigenvalue weighted by atomic mass is 16.5. The summed E-state index contributed by atoms with van der Waals surface area (Å²) >= 11 is 0. The average molecular weight is 332 g/mol. The fraction of sp³-hybridized carbons (Fsp3) is 0.167. The second kappa shape index (κ2) is 5.24. The van der Waals surface area contributed by atoms with Crippen molar-refractivity contribution in [2.24, 2.45) is 0 Å². The van der Waals surface area contributed by atoms with Crippen LogP contribution in [0.1, 0.15) is 16.7 Å². The molecule has 3 heterocycles. The number of pyridine rings is 1. The van der Waals surface area contributed by atoms with Gasteiger partial charge < -0.3 is 10.5 Å². The van der Waals surface area contributed by atoms with Crippen LogP contribution in [0.25, 0.3) is 22.2 Å². The van der Waals surface area contributed by atoms with E-state index in [1.54, 1.807) is 17.8 Å². The van der Waals surface area contributed by atoms with Crippen molar-refractivity contribution in [1.29, 1.82) is 5.26 Å². The highest BCUT2D eigenvalue weighted by Gasteiger charge is 2.22. The summed E-state index contributed by atoms with van der Waals surface area (Å²) in [5, 5.41) is 14.6. The summed E-state index contributed by atoms with van der Waals surface area (Å²) in [6.45, 7) is 3.98. The van der Waals surface area contributed by atoms with Crippen LogP contribution in [0.2, 0.25) is 0 Å². The number of anilines is 1. The lowest BCUT2D eigenvalue weighted by Crippen LogP contribution is -2.06. The maximum absolute atomic E-state index is 9.63. The van der Waals surface area contributed by atoms with Gasteiger partial charge in [-0.25, -0.2) is 9.50 Å². The molecule has 0 fully saturated rings. The van der Waals surface area contributed by atoms with Crippen molar-refractivity contribution in [2.45, 2.75) is 13.8 Å². The highest BCUT2D eigenvalue weighted by molar-refractivity contribution is 6.01. The molecule has 4 rings (SSSR count). The van der Waals surface area contributed by atoms with E-state index in [1.807, 2.05) is 36.6 Å². The Morgan fingerprint density at radius 2 is 2.04 bits per heavy atom. The number of nitrogen functional groups attached to an aromatic ring is 1. The van der Waals surface area contributed by atoms with Crippen LogP contribution in [0.3, 0.4) is 0 Å². The lowest BCUT2D eigenvalue weighted by atomic mass is 10.1. The third kappa shape index (κ3) is 1.91. The Hall–Kier alpha value is -3.53. The fourth-order valence-corrected chi connectivity index (χ4v) is 3.40. The number of ether oxygens (including phenoxy) is 1. The Kier molecular flexibility index (Phi) is 3.15. The first-order valence-electron chi connectivity index (χ1n) is 7.75. The van der Waals surface area contributed by atoms with E-state index in [0.29, 0.717) is 17.0 Å². The molecule has 7 heteroatoms. The molecule has 124 valence electrons. The Labute approximate surface area is 143 Å². The van der Waals surface area contributed by atoms with Crippen molar-refractivity contribution in [1.82, 2.24) is 19.2 Å². The Morgan fingerprint density at radius 1 is 1.24 bits per heavy atom. The van der Waals surface area contributed by atoms with Gasteiger partial charge in [0.1, 0.15) is 35.0 Å². The van der Waals surface area contributed by atoms with Crippen LogP contribution in [0.4, 0.5) is 5.82 Å². The predicted octanol–water partition coefficient (Wildman–Crippen LogP) is 2.75. The molecule has 0 spiro atoms. The Morgan fingerprint density at radius 3 is 2.76 bits per heavy atom. The molecular weight excluding hydrogens is 316 g/mol. The number of hydrogen-bond acceptors (Lipinski definition) is 5. The standard InChI is InChI=1S/C18H16N6O/c1-10-4-5-14(25-3)11(2)15(10)24-16-12(13(8-19)17(24)20)6-7-23-18(16)21-9-22-23/h4-7,9H,20H2,1-3H3. The largest absolute Gasteiger partial charge is 0.496 e. The quantitative estimate of drug-likeness (QED) is 0.609. The van der Waals surface area contributed by atoms with Gasteiger partial charge in [-0.05, 0) is 31.5 Å². The van der Waals surface area contributed by atoms with E-state index in [0.717, 1.165) is 33.5 Å². The average Bonchev–Trinajstić information content (AvgIpc) is 3.17. The van der Waals surface area contributed by atoms with Crippen LogP contribution in [-0.4, -0.2) is 26.3 Å². The maximum atomic E-state index is 9.63. The molecule has 4 aromatic rings. The molecule has 0 aliphatic carbocycles. The number of hydrogen-bond donors (Lipinski definition) is 1. The number of fused-ring (bicyclic) bond motifs is 3. The van der Waals surface area contributed by atoms with E-state index >= 15 is 0 Å². The van der Waals surface area contributed by atoms with E-state index in [9.17, 15) is 5.26 Å². The zero-order chi connectivity index (χ0) is 17.7. The first-order valence-corrected chi connectivity index (χ1v) is 7.75. The predicted molar refractivity (Wildman–Crippen MR) is 95.0 cm³/mol. The van der Waals surface area contributed by atoms with E-state index in [2.05, 4.69) is 16.2 Å². The first kappa shape index (κ1) is 15.0. The monoisotopic (exact) mass is 332 g/mol. The van der Waals surface area contributed by atoms with Gasteiger partial charge in [-0.15, -0.1) is 0 Å². The third-order valence-electron chi connectivity index (χ3n) is 4.55. The molecular formula is C18H16N6O. The topological polar surface area (TPSA) is 94.2 Å². The zero-order valence-electron chi connectivity index (χ0n) is 14.1. The van der Waals surface area contributed by atoms with Gasteiger partial charge in [-0.2, -0.15) is 10.4 Å². The normalized spacial score (nSPS) is 11.1. The minimum atomic E-state index is 0.382. The van der Waals surface area contributed by atoms with E-state index in [1.165, 1.54) is 6.33 Å². The lowest BCUT2D eigenvalue weighted by molar-refractivity contribution is 0.411. The number of nitrogens with zero attached hydrogens (tertiary/aromatic N) is 5. The number of nitriles is 1. The number of aryl methyl sites for hydroxylation is 1. The van der Waals surface area contributed by atoms with Gasteiger partial charge in [-0.3, -0.25) is 4.57 Å². The van der Waals surface area contributed by atoms with Crippen molar-refractivity contribution in [3.63, 3.8) is 0 Å². The Balaban J connectivity index is 2.26. The summed E-state index contributed by atoms with van der Waals surface area (Å²) in [6, 6.07) is 7.96. The minimum absolute atomic E-state index is 0.382. The first-order chi connectivity index (χ1) is 12.1. The molecule has 2 N–H and O–H groups in total. The number of nitrogens with two attached hydrogens (primary N) is 1. The van der Waals surface area contributed by atoms with Gasteiger partial charge in [-0.1, -0.05) is 6.07 Å². The third-order valence-corrected chi connectivity index (χ3v) is 4.55. The molecule has 7 nitrogen and oxygen atoms in total. The molecule has 0 aliphatic rings. The molecule has 25 heavy (non-hydrogen) atoms. The van der Waals surface area contributed by atoms with Gasteiger partial charge in [0.15, 0.2) is 5.65 Å². The SMILES string of the molecule is COc1ccc(C)c(-n2c(N)c(C#N)c3ccn4ncnc4c32)c1C. The van der Waals surface area contributed by atoms with Crippen molar-refractivity contribution in [2.75, 3.05) is 12.8 Å². The second-order valence-corrected chi connectivity index (χ2v) is 5.87. The van der Waals surface area contributed by atoms with E-state index < -0.39 is 0 Å². The summed E-state index contributed by atoms with van der Waals surface area (Å²) in [6.07, 6.45) is 3.26. The van der Waals surface area contributed by atoms with Crippen LogP contribution in [0, 0.1) is 25.2 Å². The van der Waals surface area contributed by atoms with E-state index in [4.69, 9.17) is 10.5 Å². The second-order valence-electron chi connectivity index (χ2n) is 5.87. The minimum Gasteiger partial charge on any atom is -0.496 e. The van der Waals surface area contributed by atoms with Gasteiger partial charge in [0.05, 0.1) is 12.8 Å².